The van der Waals surface area contributed by atoms with Crippen LogP contribution in [-0.2, 0) is 4.74 Å². The van der Waals surface area contributed by atoms with Crippen LogP contribution in [-0.4, -0.2) is 16.7 Å². The molecule has 1 N–H and O–H groups in total. The monoisotopic (exact) mass is 172 g/mol. The molecule has 56 valence electrons. The smallest absolute Gasteiger partial charge is 0.450 e. The van der Waals surface area contributed by atoms with Crippen LogP contribution in [0.4, 0.5) is 4.79 Å². The van der Waals surface area contributed by atoms with Gasteiger partial charge in [0.15, 0.2) is 0 Å². The fraction of sp³-hybridized carbons (Fsp3) is 0.750. The Morgan fingerprint density at radius 2 is 2.33 bits per heavy atom. The maximum absolute atomic E-state index is 9.70. The van der Waals surface area contributed by atoms with Gasteiger partial charge in [-0.2, -0.15) is 0 Å². The van der Waals surface area contributed by atoms with Crippen molar-refractivity contribution in [3.8, 4) is 0 Å². The topological polar surface area (TPSA) is 46.5 Å². The summed E-state index contributed by atoms with van der Waals surface area (Å²) in [4.78, 5) is 9.70. The number of hydrogen-bond acceptors (Lipinski definition) is 3. The molecule has 0 saturated heterocycles. The van der Waals surface area contributed by atoms with Crippen molar-refractivity contribution in [3.63, 3.8) is 0 Å². The van der Waals surface area contributed by atoms with E-state index in [2.05, 4.69) is 17.4 Å². The van der Waals surface area contributed by atoms with E-state index in [9.17, 15) is 4.79 Å². The summed E-state index contributed by atoms with van der Waals surface area (Å²) in [5, 5.41) is 7.94. The Morgan fingerprint density at radius 1 is 1.89 bits per heavy atom. The second kappa shape index (κ2) is 6.04. The highest BCUT2D eigenvalue weighted by molar-refractivity contribution is 7.80. The van der Waals surface area contributed by atoms with Crippen molar-refractivity contribution in [3.05, 3.63) is 0 Å². The number of carboxylic acid groups (broad SMARTS) is 1. The standard InChI is InChI=1S/C4H8O3S.ClH/c1-2-3(8)7-4(5)6;/h3,8H,2H2,1H3,(H,5,6);1H. The van der Waals surface area contributed by atoms with E-state index >= 15 is 0 Å². The summed E-state index contributed by atoms with van der Waals surface area (Å²) in [5.74, 6) is 0. The molecule has 3 nitrogen and oxygen atoms in total. The van der Waals surface area contributed by atoms with Gasteiger partial charge in [0.1, 0.15) is 5.44 Å². The molecule has 0 aromatic rings. The Kier molecular flexibility index (Phi) is 7.83. The van der Waals surface area contributed by atoms with Gasteiger partial charge >= 0.3 is 6.16 Å². The van der Waals surface area contributed by atoms with Gasteiger partial charge in [0.2, 0.25) is 0 Å². The molecular formula is C4H9ClO3S. The van der Waals surface area contributed by atoms with Gasteiger partial charge in [-0.15, -0.1) is 25.0 Å². The molecule has 0 amide bonds. The van der Waals surface area contributed by atoms with E-state index in [1.165, 1.54) is 0 Å². The van der Waals surface area contributed by atoms with E-state index < -0.39 is 11.6 Å². The first-order chi connectivity index (χ1) is 3.66. The van der Waals surface area contributed by atoms with Gasteiger partial charge in [0.05, 0.1) is 0 Å². The van der Waals surface area contributed by atoms with Crippen molar-refractivity contribution in [1.82, 2.24) is 0 Å². The second-order valence-electron chi connectivity index (χ2n) is 1.25. The van der Waals surface area contributed by atoms with Crippen molar-refractivity contribution < 1.29 is 14.6 Å². The Balaban J connectivity index is 0. The first-order valence-corrected chi connectivity index (χ1v) is 2.76. The highest BCUT2D eigenvalue weighted by Gasteiger charge is 2.02. The number of carbonyl (C=O) groups is 1. The lowest BCUT2D eigenvalue weighted by Crippen LogP contribution is -2.08. The minimum Gasteiger partial charge on any atom is -0.450 e. The molecule has 0 aliphatic carbocycles. The van der Waals surface area contributed by atoms with Crippen LogP contribution >= 0.6 is 25.0 Å². The fourth-order valence-corrected chi connectivity index (χ4v) is 0.290. The molecule has 0 fully saturated rings. The molecule has 0 heterocycles. The largest absolute Gasteiger partial charge is 0.506 e. The van der Waals surface area contributed by atoms with Gasteiger partial charge < -0.3 is 9.84 Å². The zero-order chi connectivity index (χ0) is 6.57. The van der Waals surface area contributed by atoms with Gasteiger partial charge in [-0.05, 0) is 6.42 Å². The minimum atomic E-state index is -1.27. The molecule has 0 bridgehead atoms. The maximum Gasteiger partial charge on any atom is 0.506 e. The molecule has 0 aromatic heterocycles. The molecular weight excluding hydrogens is 164 g/mol. The average Bonchev–Trinajstić information content (AvgIpc) is 1.65. The van der Waals surface area contributed by atoms with Crippen LogP contribution in [0.5, 0.6) is 0 Å². The summed E-state index contributed by atoms with van der Waals surface area (Å²) in [6.45, 7) is 1.79. The van der Waals surface area contributed by atoms with Crippen LogP contribution in [0.3, 0.4) is 0 Å². The van der Waals surface area contributed by atoms with Gasteiger partial charge in [0, 0.05) is 0 Å². The molecule has 0 spiro atoms. The molecule has 0 radical (unpaired) electrons. The fourth-order valence-electron chi connectivity index (χ4n) is 0.200. The van der Waals surface area contributed by atoms with Crippen molar-refractivity contribution >= 4 is 31.2 Å². The minimum absolute atomic E-state index is 0. The normalized spacial score (nSPS) is 11.3. The lowest BCUT2D eigenvalue weighted by molar-refractivity contribution is 0.0818. The first kappa shape index (κ1) is 11.7. The molecule has 0 saturated carbocycles. The number of ether oxygens (including phenoxy) is 1. The van der Waals surface area contributed by atoms with Crippen molar-refractivity contribution in [2.24, 2.45) is 0 Å². The SMILES string of the molecule is CCC(S)OC(=O)O.Cl. The van der Waals surface area contributed by atoms with Gasteiger partial charge in [-0.1, -0.05) is 6.92 Å². The zero-order valence-corrected chi connectivity index (χ0v) is 6.61. The molecule has 0 rings (SSSR count). The highest BCUT2D eigenvalue weighted by atomic mass is 35.5. The van der Waals surface area contributed by atoms with Gasteiger partial charge in [-0.25, -0.2) is 4.79 Å². The van der Waals surface area contributed by atoms with E-state index in [0.29, 0.717) is 6.42 Å². The van der Waals surface area contributed by atoms with Crippen LogP contribution in [0.25, 0.3) is 0 Å². The van der Waals surface area contributed by atoms with E-state index in [1.54, 1.807) is 6.92 Å². The number of halogens is 1. The van der Waals surface area contributed by atoms with E-state index in [4.69, 9.17) is 5.11 Å². The first-order valence-electron chi connectivity index (χ1n) is 2.24. The van der Waals surface area contributed by atoms with Crippen molar-refractivity contribution in [2.45, 2.75) is 18.8 Å². The summed E-state index contributed by atoms with van der Waals surface area (Å²) in [5.41, 5.74) is -0.479. The number of hydrogen-bond donors (Lipinski definition) is 2. The van der Waals surface area contributed by atoms with Crippen LogP contribution in [0.1, 0.15) is 13.3 Å². The molecule has 0 aromatic carbocycles. The number of thiol groups is 1. The van der Waals surface area contributed by atoms with E-state index in [-0.39, 0.29) is 12.4 Å². The third-order valence-corrected chi connectivity index (χ3v) is 1.06. The van der Waals surface area contributed by atoms with Crippen molar-refractivity contribution in [1.29, 1.82) is 0 Å². The second-order valence-corrected chi connectivity index (χ2v) is 1.82. The van der Waals surface area contributed by atoms with Crippen LogP contribution in [0.2, 0.25) is 0 Å². The zero-order valence-electron chi connectivity index (χ0n) is 4.90. The molecule has 1 atom stereocenters. The Morgan fingerprint density at radius 3 is 2.44 bits per heavy atom. The van der Waals surface area contributed by atoms with Crippen LogP contribution in [0.15, 0.2) is 0 Å². The van der Waals surface area contributed by atoms with Gasteiger partial charge in [0.25, 0.3) is 0 Å². The van der Waals surface area contributed by atoms with E-state index in [1.807, 2.05) is 0 Å². The lowest BCUT2D eigenvalue weighted by Gasteiger charge is -2.03. The van der Waals surface area contributed by atoms with Crippen molar-refractivity contribution in [2.75, 3.05) is 0 Å². The third kappa shape index (κ3) is 7.91. The molecule has 0 aliphatic rings. The summed E-state index contributed by atoms with van der Waals surface area (Å²) in [6, 6.07) is 0. The summed E-state index contributed by atoms with van der Waals surface area (Å²) in [7, 11) is 0. The molecule has 5 heteroatoms. The molecule has 9 heavy (non-hydrogen) atoms. The predicted molar refractivity (Wildman–Crippen MR) is 39.4 cm³/mol. The Labute approximate surface area is 65.2 Å². The number of rotatable bonds is 2. The van der Waals surface area contributed by atoms with E-state index in [0.717, 1.165) is 0 Å². The maximum atomic E-state index is 9.70. The summed E-state index contributed by atoms with van der Waals surface area (Å²) in [6.07, 6.45) is -0.679. The van der Waals surface area contributed by atoms with Crippen LogP contribution < -0.4 is 0 Å². The lowest BCUT2D eigenvalue weighted by atomic mass is 10.5. The average molecular weight is 173 g/mol. The predicted octanol–water partition coefficient (Wildman–Crippen LogP) is 1.77. The third-order valence-electron chi connectivity index (χ3n) is 0.586. The Hall–Kier alpha value is -0.0900. The van der Waals surface area contributed by atoms with Gasteiger partial charge in [-0.3, -0.25) is 0 Å². The van der Waals surface area contributed by atoms with Crippen LogP contribution in [0, 0.1) is 0 Å². The Bertz CT molecular complexity index is 87.9. The quantitative estimate of drug-likeness (QED) is 0.379. The molecule has 1 unspecified atom stereocenters. The molecule has 0 aliphatic heterocycles. The highest BCUT2D eigenvalue weighted by Crippen LogP contribution is 2.01. The summed E-state index contributed by atoms with van der Waals surface area (Å²) < 4.78 is 4.18. The summed E-state index contributed by atoms with van der Waals surface area (Å²) >= 11 is 3.77.